The molecule has 28 heavy (non-hydrogen) atoms. The maximum Gasteiger partial charge on any atom is 0.349 e. The highest BCUT2D eigenvalue weighted by Crippen LogP contribution is 2.30. The Labute approximate surface area is 170 Å². The van der Waals surface area contributed by atoms with E-state index in [1.165, 1.54) is 38.5 Å². The third-order valence-electron chi connectivity index (χ3n) is 4.09. The zero-order chi connectivity index (χ0) is 20.6. The van der Waals surface area contributed by atoms with Crippen molar-refractivity contribution >= 4 is 38.7 Å². The van der Waals surface area contributed by atoms with Crippen LogP contribution in [0, 0.1) is 0 Å². The quantitative estimate of drug-likeness (QED) is 0.410. The summed E-state index contributed by atoms with van der Waals surface area (Å²) in [6.45, 7) is 2.99. The van der Waals surface area contributed by atoms with Gasteiger partial charge in [0, 0.05) is 12.6 Å². The molecule has 2 N–H and O–H groups in total. The van der Waals surface area contributed by atoms with Crippen molar-refractivity contribution in [3.8, 4) is 5.75 Å². The summed E-state index contributed by atoms with van der Waals surface area (Å²) in [5.41, 5.74) is 1.14. The van der Waals surface area contributed by atoms with Gasteiger partial charge in [-0.1, -0.05) is 26.2 Å². The number of nitrogens with one attached hydrogen (secondary N) is 2. The molecule has 0 atom stereocenters. The number of sulfonamides is 1. The highest BCUT2D eigenvalue weighted by molar-refractivity contribution is 7.93. The van der Waals surface area contributed by atoms with Crippen molar-refractivity contribution in [3.05, 3.63) is 34.5 Å². The number of hydrogen-bond acceptors (Lipinski definition) is 7. The first-order valence-corrected chi connectivity index (χ1v) is 11.4. The number of hydrogen-bond donors (Lipinski definition) is 2. The van der Waals surface area contributed by atoms with Crippen LogP contribution in [-0.2, 0) is 14.8 Å². The van der Waals surface area contributed by atoms with E-state index < -0.39 is 16.0 Å². The Kier molecular flexibility index (Phi) is 8.13. The molecule has 0 radical (unpaired) electrons. The maximum atomic E-state index is 12.7. The number of carbonyl (C=O) groups is 1. The molecule has 154 valence electrons. The van der Waals surface area contributed by atoms with Gasteiger partial charge in [0.1, 0.15) is 15.5 Å². The van der Waals surface area contributed by atoms with Gasteiger partial charge in [-0.05, 0) is 30.0 Å². The van der Waals surface area contributed by atoms with E-state index in [0.29, 0.717) is 11.4 Å². The Balaban J connectivity index is 2.13. The fraction of sp³-hybridized carbons (Fsp3) is 0.421. The number of rotatable bonds is 11. The van der Waals surface area contributed by atoms with Crippen LogP contribution in [0.3, 0.4) is 0 Å². The highest BCUT2D eigenvalue weighted by Gasteiger charge is 2.25. The van der Waals surface area contributed by atoms with Gasteiger partial charge in [-0.3, -0.25) is 4.72 Å². The van der Waals surface area contributed by atoms with Crippen molar-refractivity contribution < 1.29 is 22.7 Å². The number of benzene rings is 1. The van der Waals surface area contributed by atoms with Crippen molar-refractivity contribution in [1.82, 2.24) is 0 Å². The minimum Gasteiger partial charge on any atom is -0.495 e. The summed E-state index contributed by atoms with van der Waals surface area (Å²) >= 11 is 1.02. The van der Waals surface area contributed by atoms with Crippen LogP contribution in [0.5, 0.6) is 5.75 Å². The van der Waals surface area contributed by atoms with Crippen molar-refractivity contribution in [2.45, 2.75) is 37.5 Å². The first kappa shape index (κ1) is 22.0. The lowest BCUT2D eigenvalue weighted by atomic mass is 10.2. The number of thiophene rings is 1. The van der Waals surface area contributed by atoms with Crippen LogP contribution < -0.4 is 14.8 Å². The van der Waals surface area contributed by atoms with Crippen LogP contribution in [0.15, 0.2) is 34.5 Å². The van der Waals surface area contributed by atoms with Gasteiger partial charge in [0.25, 0.3) is 10.0 Å². The van der Waals surface area contributed by atoms with Crippen LogP contribution in [-0.4, -0.2) is 35.2 Å². The Hall–Kier alpha value is -2.26. The summed E-state index contributed by atoms with van der Waals surface area (Å²) in [6.07, 6.45) is 4.60. The van der Waals surface area contributed by atoms with Crippen molar-refractivity contribution in [1.29, 1.82) is 0 Å². The molecule has 7 nitrogen and oxygen atoms in total. The topological polar surface area (TPSA) is 93.7 Å². The third-order valence-corrected chi connectivity index (χ3v) is 6.54. The van der Waals surface area contributed by atoms with E-state index in [2.05, 4.69) is 21.7 Å². The van der Waals surface area contributed by atoms with Crippen LogP contribution in [0.1, 0.15) is 42.3 Å². The van der Waals surface area contributed by atoms with Gasteiger partial charge < -0.3 is 14.8 Å². The molecule has 2 rings (SSSR count). The third kappa shape index (κ3) is 5.62. The van der Waals surface area contributed by atoms with E-state index in [1.54, 1.807) is 18.2 Å². The van der Waals surface area contributed by atoms with E-state index in [1.807, 2.05) is 0 Å². The van der Waals surface area contributed by atoms with E-state index in [-0.39, 0.29) is 9.77 Å². The van der Waals surface area contributed by atoms with Crippen molar-refractivity contribution in [2.75, 3.05) is 30.8 Å². The van der Waals surface area contributed by atoms with Crippen LogP contribution in [0.4, 0.5) is 11.4 Å². The second-order valence-corrected chi connectivity index (χ2v) is 8.68. The molecule has 0 unspecified atom stereocenters. The number of unbranched alkanes of at least 4 members (excludes halogenated alkanes) is 3. The maximum absolute atomic E-state index is 12.7. The molecule has 0 saturated heterocycles. The molecule has 1 heterocycles. The standard InChI is InChI=1S/C19H26N2O5S2/c1-4-5-6-7-11-20-15-9-8-14(13-16(15)25-2)21-28(23,24)17-10-12-27-18(17)19(22)26-3/h8-10,12-13,20-21H,4-7,11H2,1-3H3. The lowest BCUT2D eigenvalue weighted by Gasteiger charge is -2.14. The smallest absolute Gasteiger partial charge is 0.349 e. The number of anilines is 2. The summed E-state index contributed by atoms with van der Waals surface area (Å²) < 4.78 is 37.9. The summed E-state index contributed by atoms with van der Waals surface area (Å²) in [5, 5.41) is 4.85. The van der Waals surface area contributed by atoms with Gasteiger partial charge >= 0.3 is 5.97 Å². The van der Waals surface area contributed by atoms with Gasteiger partial charge in [-0.15, -0.1) is 11.3 Å². The first-order valence-electron chi connectivity index (χ1n) is 9.03. The Morgan fingerprint density at radius 3 is 2.61 bits per heavy atom. The lowest BCUT2D eigenvalue weighted by Crippen LogP contribution is -2.16. The molecular formula is C19H26N2O5S2. The molecule has 0 bridgehead atoms. The number of ether oxygens (including phenoxy) is 2. The molecule has 0 spiro atoms. The summed E-state index contributed by atoms with van der Waals surface area (Å²) in [4.78, 5) is 11.7. The Morgan fingerprint density at radius 1 is 1.14 bits per heavy atom. The average Bonchev–Trinajstić information content (AvgIpc) is 3.18. The molecule has 9 heteroatoms. The predicted molar refractivity (Wildman–Crippen MR) is 112 cm³/mol. The normalized spacial score (nSPS) is 11.1. The fourth-order valence-electron chi connectivity index (χ4n) is 2.64. The van der Waals surface area contributed by atoms with Crippen LogP contribution in [0.2, 0.25) is 0 Å². The zero-order valence-electron chi connectivity index (χ0n) is 16.3. The van der Waals surface area contributed by atoms with Gasteiger partial charge in [-0.2, -0.15) is 0 Å². The van der Waals surface area contributed by atoms with E-state index in [4.69, 9.17) is 4.74 Å². The molecule has 0 saturated carbocycles. The molecule has 0 aliphatic carbocycles. The zero-order valence-corrected chi connectivity index (χ0v) is 17.9. The molecule has 0 aliphatic heterocycles. The summed E-state index contributed by atoms with van der Waals surface area (Å²) in [5.74, 6) is -0.148. The fourth-order valence-corrected chi connectivity index (χ4v) is 5.02. The van der Waals surface area contributed by atoms with Crippen LogP contribution >= 0.6 is 11.3 Å². The predicted octanol–water partition coefficient (Wildman–Crippen LogP) is 4.34. The second-order valence-electron chi connectivity index (χ2n) is 6.11. The SMILES string of the molecule is CCCCCCNc1ccc(NS(=O)(=O)c2ccsc2C(=O)OC)cc1OC. The van der Waals surface area contributed by atoms with E-state index in [0.717, 1.165) is 36.4 Å². The Morgan fingerprint density at radius 2 is 1.93 bits per heavy atom. The minimum absolute atomic E-state index is 0.0346. The second kappa shape index (κ2) is 10.3. The van der Waals surface area contributed by atoms with Gasteiger partial charge in [-0.25, -0.2) is 13.2 Å². The largest absolute Gasteiger partial charge is 0.495 e. The van der Waals surface area contributed by atoms with Gasteiger partial charge in [0.2, 0.25) is 0 Å². The summed E-state index contributed by atoms with van der Waals surface area (Å²) in [6, 6.07) is 6.41. The molecule has 2 aromatic rings. The van der Waals surface area contributed by atoms with Gasteiger partial charge in [0.05, 0.1) is 25.6 Å². The van der Waals surface area contributed by atoms with E-state index in [9.17, 15) is 13.2 Å². The highest BCUT2D eigenvalue weighted by atomic mass is 32.2. The molecule has 1 aromatic heterocycles. The molecule has 0 fully saturated rings. The molecule has 1 aromatic carbocycles. The average molecular weight is 427 g/mol. The molecule has 0 aliphatic rings. The molecule has 0 amide bonds. The number of methoxy groups -OCH3 is 2. The minimum atomic E-state index is -3.94. The summed E-state index contributed by atoms with van der Waals surface area (Å²) in [7, 11) is -1.19. The number of esters is 1. The van der Waals surface area contributed by atoms with Crippen molar-refractivity contribution in [3.63, 3.8) is 0 Å². The molecular weight excluding hydrogens is 400 g/mol. The monoisotopic (exact) mass is 426 g/mol. The number of carbonyl (C=O) groups excluding carboxylic acids is 1. The van der Waals surface area contributed by atoms with Crippen molar-refractivity contribution in [2.24, 2.45) is 0 Å². The van der Waals surface area contributed by atoms with Crippen LogP contribution in [0.25, 0.3) is 0 Å². The van der Waals surface area contributed by atoms with Gasteiger partial charge in [0.15, 0.2) is 0 Å². The van der Waals surface area contributed by atoms with E-state index >= 15 is 0 Å². The first-order chi connectivity index (χ1) is 13.4. The lowest BCUT2D eigenvalue weighted by molar-refractivity contribution is 0.0602. The Bertz CT molecular complexity index is 893.